The summed E-state index contributed by atoms with van der Waals surface area (Å²) in [5.74, 6) is 0.114. The lowest BCUT2D eigenvalue weighted by atomic mass is 10.0. The highest BCUT2D eigenvalue weighted by molar-refractivity contribution is 7.22. The molecule has 0 radical (unpaired) electrons. The number of likely N-dealkylation sites (tertiary alicyclic amines) is 1. The van der Waals surface area contributed by atoms with Gasteiger partial charge >= 0.3 is 0 Å². The quantitative estimate of drug-likeness (QED) is 0.597. The maximum atomic E-state index is 12.7. The summed E-state index contributed by atoms with van der Waals surface area (Å²) in [5.41, 5.74) is 3.58. The molecule has 2 aliphatic heterocycles. The first-order valence-electron chi connectivity index (χ1n) is 10.8. The number of thiophene rings is 1. The molecule has 5 nitrogen and oxygen atoms in total. The topological polar surface area (TPSA) is 48.5 Å². The number of rotatable bonds is 6. The van der Waals surface area contributed by atoms with Crippen LogP contribution in [0.1, 0.15) is 37.1 Å². The number of fused-ring (bicyclic) bond motifs is 2. The van der Waals surface area contributed by atoms with E-state index < -0.39 is 0 Å². The summed E-state index contributed by atoms with van der Waals surface area (Å²) in [6, 6.07) is 8.82. The van der Waals surface area contributed by atoms with Crippen molar-refractivity contribution in [3.05, 3.63) is 34.7 Å². The maximum Gasteiger partial charge on any atom is 0.226 e. The number of anilines is 1. The fraction of sp³-hybridized carbons (Fsp3) is 0.478. The predicted octanol–water partition coefficient (Wildman–Crippen LogP) is 4.83. The number of para-hydroxylation sites is 1. The van der Waals surface area contributed by atoms with E-state index in [0.717, 1.165) is 60.2 Å². The van der Waals surface area contributed by atoms with E-state index in [4.69, 9.17) is 4.98 Å². The molecule has 7 heteroatoms. The maximum absolute atomic E-state index is 12.7. The molecule has 0 atom stereocenters. The number of carbonyl (C=O) groups is 1. The Bertz CT molecular complexity index is 1030. The molecule has 2 aliphatic rings. The molecular formula is C23H28N4OS2. The number of benzene rings is 1. The largest absolute Gasteiger partial charge is 0.317 e. The Balaban J connectivity index is 1.47. The SMILES string of the molecule is CC(C)N1CCc2c(sc(NC(=O)CCN3CCC3)c2-c2nc3ccccc3s2)C1. The summed E-state index contributed by atoms with van der Waals surface area (Å²) < 4.78 is 1.20. The fourth-order valence-corrected chi connectivity index (χ4v) is 6.61. The lowest BCUT2D eigenvalue weighted by molar-refractivity contribution is -0.116. The van der Waals surface area contributed by atoms with Gasteiger partial charge in [0.2, 0.25) is 5.91 Å². The predicted molar refractivity (Wildman–Crippen MR) is 126 cm³/mol. The third-order valence-electron chi connectivity index (χ3n) is 6.18. The van der Waals surface area contributed by atoms with Crippen LogP contribution in [-0.4, -0.2) is 52.9 Å². The van der Waals surface area contributed by atoms with Crippen molar-refractivity contribution in [1.29, 1.82) is 0 Å². The van der Waals surface area contributed by atoms with Gasteiger partial charge in [-0.2, -0.15) is 0 Å². The first kappa shape index (κ1) is 20.1. The van der Waals surface area contributed by atoms with Crippen LogP contribution in [0.2, 0.25) is 0 Å². The Morgan fingerprint density at radius 1 is 1.20 bits per heavy atom. The highest BCUT2D eigenvalue weighted by Crippen LogP contribution is 2.45. The molecule has 1 N–H and O–H groups in total. The van der Waals surface area contributed by atoms with Gasteiger partial charge in [0.15, 0.2) is 0 Å². The Kier molecular flexibility index (Phi) is 5.62. The minimum atomic E-state index is 0.114. The molecule has 158 valence electrons. The zero-order valence-electron chi connectivity index (χ0n) is 17.6. The molecule has 4 heterocycles. The molecule has 0 bridgehead atoms. The van der Waals surface area contributed by atoms with Gasteiger partial charge in [0.05, 0.1) is 10.2 Å². The molecule has 0 saturated carbocycles. The molecular weight excluding hydrogens is 412 g/mol. The Hall–Kier alpha value is -1.80. The van der Waals surface area contributed by atoms with Crippen molar-refractivity contribution in [2.75, 3.05) is 31.5 Å². The summed E-state index contributed by atoms with van der Waals surface area (Å²) in [5, 5.41) is 5.28. The van der Waals surface area contributed by atoms with Crippen molar-refractivity contribution in [2.24, 2.45) is 0 Å². The van der Waals surface area contributed by atoms with E-state index in [0.29, 0.717) is 12.5 Å². The van der Waals surface area contributed by atoms with Crippen LogP contribution in [0.15, 0.2) is 24.3 Å². The lowest BCUT2D eigenvalue weighted by Gasteiger charge is -2.30. The third kappa shape index (κ3) is 3.91. The molecule has 30 heavy (non-hydrogen) atoms. The van der Waals surface area contributed by atoms with E-state index >= 15 is 0 Å². The second-order valence-corrected chi connectivity index (χ2v) is 10.6. The van der Waals surface area contributed by atoms with E-state index in [1.54, 1.807) is 22.7 Å². The van der Waals surface area contributed by atoms with Gasteiger partial charge in [0, 0.05) is 42.5 Å². The molecule has 0 spiro atoms. The molecule has 1 fully saturated rings. The van der Waals surface area contributed by atoms with Crippen LogP contribution in [0.4, 0.5) is 5.00 Å². The van der Waals surface area contributed by atoms with Gasteiger partial charge in [-0.15, -0.1) is 22.7 Å². The highest BCUT2D eigenvalue weighted by Gasteiger charge is 2.28. The number of thiazole rings is 1. The van der Waals surface area contributed by atoms with Crippen molar-refractivity contribution >= 4 is 43.8 Å². The van der Waals surface area contributed by atoms with Gasteiger partial charge in [-0.25, -0.2) is 4.98 Å². The minimum absolute atomic E-state index is 0.114. The van der Waals surface area contributed by atoms with Crippen LogP contribution in [0.5, 0.6) is 0 Å². The van der Waals surface area contributed by atoms with Crippen molar-refractivity contribution in [1.82, 2.24) is 14.8 Å². The second-order valence-electron chi connectivity index (χ2n) is 8.50. The summed E-state index contributed by atoms with van der Waals surface area (Å²) in [6.45, 7) is 9.64. The van der Waals surface area contributed by atoms with Gasteiger partial charge < -0.3 is 10.2 Å². The number of hydrogen-bond donors (Lipinski definition) is 1. The van der Waals surface area contributed by atoms with E-state index in [2.05, 4.69) is 47.2 Å². The Morgan fingerprint density at radius 2 is 2.03 bits per heavy atom. The van der Waals surface area contributed by atoms with Crippen molar-refractivity contribution in [3.8, 4) is 10.6 Å². The molecule has 1 saturated heterocycles. The molecule has 2 aromatic heterocycles. The van der Waals surface area contributed by atoms with E-state index in [1.807, 2.05) is 6.07 Å². The van der Waals surface area contributed by atoms with Crippen LogP contribution in [0.3, 0.4) is 0 Å². The molecule has 0 unspecified atom stereocenters. The number of nitrogens with zero attached hydrogens (tertiary/aromatic N) is 3. The number of aromatic nitrogens is 1. The lowest BCUT2D eigenvalue weighted by Crippen LogP contribution is -2.38. The fourth-order valence-electron chi connectivity index (χ4n) is 4.21. The van der Waals surface area contributed by atoms with Gasteiger partial charge in [0.25, 0.3) is 0 Å². The van der Waals surface area contributed by atoms with Gasteiger partial charge in [0.1, 0.15) is 10.0 Å². The Morgan fingerprint density at radius 3 is 2.77 bits per heavy atom. The van der Waals surface area contributed by atoms with E-state index in [9.17, 15) is 4.79 Å². The molecule has 1 aromatic carbocycles. The van der Waals surface area contributed by atoms with Crippen LogP contribution in [-0.2, 0) is 17.8 Å². The van der Waals surface area contributed by atoms with E-state index in [1.165, 1.54) is 21.6 Å². The van der Waals surface area contributed by atoms with Crippen molar-refractivity contribution < 1.29 is 4.79 Å². The monoisotopic (exact) mass is 440 g/mol. The number of nitrogens with one attached hydrogen (secondary N) is 1. The molecule has 0 aliphatic carbocycles. The van der Waals surface area contributed by atoms with Crippen LogP contribution in [0.25, 0.3) is 20.8 Å². The van der Waals surface area contributed by atoms with Gasteiger partial charge in [-0.05, 0) is 57.5 Å². The summed E-state index contributed by atoms with van der Waals surface area (Å²) in [7, 11) is 0. The van der Waals surface area contributed by atoms with Gasteiger partial charge in [-0.1, -0.05) is 12.1 Å². The van der Waals surface area contributed by atoms with Crippen LogP contribution >= 0.6 is 22.7 Å². The zero-order valence-corrected chi connectivity index (χ0v) is 19.2. The minimum Gasteiger partial charge on any atom is -0.317 e. The Labute approximate surface area is 185 Å². The van der Waals surface area contributed by atoms with Crippen molar-refractivity contribution in [3.63, 3.8) is 0 Å². The average molecular weight is 441 g/mol. The second kappa shape index (κ2) is 8.38. The molecule has 5 rings (SSSR count). The third-order valence-corrected chi connectivity index (χ3v) is 8.37. The van der Waals surface area contributed by atoms with Crippen LogP contribution < -0.4 is 5.32 Å². The molecule has 3 aromatic rings. The summed E-state index contributed by atoms with van der Waals surface area (Å²) >= 11 is 3.48. The average Bonchev–Trinajstić information content (AvgIpc) is 3.26. The summed E-state index contributed by atoms with van der Waals surface area (Å²) in [6.07, 6.45) is 2.83. The number of hydrogen-bond acceptors (Lipinski definition) is 6. The number of carbonyl (C=O) groups excluding carboxylic acids is 1. The van der Waals surface area contributed by atoms with Crippen LogP contribution in [0, 0.1) is 0 Å². The van der Waals surface area contributed by atoms with E-state index in [-0.39, 0.29) is 5.91 Å². The highest BCUT2D eigenvalue weighted by atomic mass is 32.1. The first-order valence-corrected chi connectivity index (χ1v) is 12.5. The zero-order chi connectivity index (χ0) is 20.7. The summed E-state index contributed by atoms with van der Waals surface area (Å²) in [4.78, 5) is 23.9. The van der Waals surface area contributed by atoms with Crippen molar-refractivity contribution in [2.45, 2.75) is 45.7 Å². The number of amides is 1. The molecule has 1 amide bonds. The smallest absolute Gasteiger partial charge is 0.226 e. The normalized spacial score (nSPS) is 17.3. The van der Waals surface area contributed by atoms with Gasteiger partial charge in [-0.3, -0.25) is 9.69 Å². The first-order chi connectivity index (χ1) is 14.6. The standard InChI is InChI=1S/C23H28N4OS2/c1-15(2)27-13-8-16-19(14-27)30-23(25-20(28)9-12-26-10-5-11-26)21(16)22-24-17-6-3-4-7-18(17)29-22/h3-4,6-7,15H,5,8-14H2,1-2H3,(H,25,28).